The molecule has 0 saturated heterocycles. The predicted molar refractivity (Wildman–Crippen MR) is 197 cm³/mol. The Balaban J connectivity index is 0.000000263. The molecule has 0 aliphatic carbocycles. The maximum Gasteiger partial charge on any atom is 0.101 e. The summed E-state index contributed by atoms with van der Waals surface area (Å²) in [6.45, 7) is 18.4. The van der Waals surface area contributed by atoms with Crippen molar-refractivity contribution in [3.63, 3.8) is 0 Å². The van der Waals surface area contributed by atoms with Gasteiger partial charge in [-0.25, -0.2) is 0 Å². The molecule has 7 aromatic rings. The van der Waals surface area contributed by atoms with Crippen LogP contribution in [0.15, 0.2) is 128 Å². The highest BCUT2D eigenvalue weighted by Crippen LogP contribution is 2.12. The van der Waals surface area contributed by atoms with Crippen molar-refractivity contribution in [2.75, 3.05) is 0 Å². The van der Waals surface area contributed by atoms with E-state index in [2.05, 4.69) is 75.7 Å². The summed E-state index contributed by atoms with van der Waals surface area (Å²) in [5, 5.41) is 4.19. The molecule has 45 heavy (non-hydrogen) atoms. The number of nitrogens with zero attached hydrogens (tertiary/aromatic N) is 1. The molecule has 7 aromatic heterocycles. The van der Waals surface area contributed by atoms with Gasteiger partial charge in [-0.15, -0.1) is 34.0 Å². The van der Waals surface area contributed by atoms with Crippen molar-refractivity contribution in [1.29, 1.82) is 0 Å². The first-order valence-electron chi connectivity index (χ1n) is 14.6. The van der Waals surface area contributed by atoms with Gasteiger partial charge in [-0.3, -0.25) is 0 Å². The Morgan fingerprint density at radius 2 is 1.20 bits per heavy atom. The van der Waals surface area contributed by atoms with Gasteiger partial charge in [-0.2, -0.15) is 0 Å². The Kier molecular flexibility index (Phi) is 20.6. The summed E-state index contributed by atoms with van der Waals surface area (Å²) < 4.78 is 16.6. The average Bonchev–Trinajstić information content (AvgIpc) is 3.83. The summed E-state index contributed by atoms with van der Waals surface area (Å²) >= 11 is 5.42. The zero-order valence-electron chi connectivity index (χ0n) is 28.4. The van der Waals surface area contributed by atoms with Crippen molar-refractivity contribution in [3.8, 4) is 0 Å². The van der Waals surface area contributed by atoms with Gasteiger partial charge in [0.05, 0.1) is 18.8 Å². The van der Waals surface area contributed by atoms with Crippen molar-refractivity contribution in [2.24, 2.45) is 7.05 Å². The third-order valence-corrected chi connectivity index (χ3v) is 8.28. The smallest absolute Gasteiger partial charge is 0.101 e. The lowest BCUT2D eigenvalue weighted by molar-refractivity contribution is 0.504. The second kappa shape index (κ2) is 23.6. The van der Waals surface area contributed by atoms with Crippen LogP contribution in [0.3, 0.4) is 0 Å². The third-order valence-electron chi connectivity index (χ3n) is 5.61. The lowest BCUT2D eigenvalue weighted by Crippen LogP contribution is -1.75. The fourth-order valence-electron chi connectivity index (χ4n) is 3.04. The van der Waals surface area contributed by atoms with Crippen LogP contribution in [-0.4, -0.2) is 4.57 Å². The molecule has 0 amide bonds. The van der Waals surface area contributed by atoms with E-state index in [0.29, 0.717) is 0 Å². The molecule has 0 fully saturated rings. The molecule has 7 heteroatoms. The molecule has 0 aromatic carbocycles. The quantitative estimate of drug-likeness (QED) is 0.162. The molecule has 0 aliphatic heterocycles. The number of aryl methyl sites for hydroxylation is 10. The van der Waals surface area contributed by atoms with Crippen LogP contribution in [0.4, 0.5) is 0 Å². The van der Waals surface area contributed by atoms with Crippen LogP contribution in [-0.2, 0) is 7.05 Å². The van der Waals surface area contributed by atoms with Crippen LogP contribution in [0, 0.1) is 62.3 Å². The highest BCUT2D eigenvalue weighted by Gasteiger charge is 1.87. The van der Waals surface area contributed by atoms with Crippen LogP contribution in [0.1, 0.15) is 47.9 Å². The van der Waals surface area contributed by atoms with Crippen LogP contribution in [0.2, 0.25) is 0 Å². The Labute approximate surface area is 282 Å². The van der Waals surface area contributed by atoms with E-state index in [0.717, 1.165) is 17.3 Å². The van der Waals surface area contributed by atoms with Gasteiger partial charge in [-0.1, -0.05) is 6.07 Å². The van der Waals surface area contributed by atoms with E-state index in [9.17, 15) is 0 Å². The van der Waals surface area contributed by atoms with Gasteiger partial charge >= 0.3 is 0 Å². The fourth-order valence-corrected chi connectivity index (χ4v) is 5.08. The zero-order chi connectivity index (χ0) is 33.5. The molecule has 0 saturated carbocycles. The molecule has 0 radical (unpaired) electrons. The number of hydrogen-bond acceptors (Lipinski definition) is 6. The standard InChI is InChI=1S/C6H8O.2C6H8S.C5H7N.2C5H6O.C5H6S/c1-5-3-4-6(2)7-5;1-5-3-4-7-6(5)2;1-5-3-4-6(2)7-5;1-6-4-2-3-5-6;1-5-2-3-6-4-5;2*1-5-3-2-4-6-5/h3*3-4H,1-2H3;2-5H,1H3;3*2-4H,1H3. The van der Waals surface area contributed by atoms with E-state index in [1.807, 2.05) is 106 Å². The molecule has 4 nitrogen and oxygen atoms in total. The van der Waals surface area contributed by atoms with Gasteiger partial charge in [0, 0.05) is 38.9 Å². The van der Waals surface area contributed by atoms with Gasteiger partial charge in [0.1, 0.15) is 17.3 Å². The van der Waals surface area contributed by atoms with Crippen LogP contribution in [0.25, 0.3) is 0 Å². The Morgan fingerprint density at radius 3 is 1.36 bits per heavy atom. The molecule has 0 unspecified atom stereocenters. The molecule has 0 spiro atoms. The molecule has 7 heterocycles. The van der Waals surface area contributed by atoms with Gasteiger partial charge in [0.15, 0.2) is 0 Å². The highest BCUT2D eigenvalue weighted by atomic mass is 32.1. The maximum absolute atomic E-state index is 5.08. The SMILES string of the molecule is Cc1ccc(C)o1.Cc1ccc(C)s1.Cc1ccco1.Cc1cccs1.Cc1ccoc1.Cc1ccsc1C.Cn1cccc1. The summed E-state index contributed by atoms with van der Waals surface area (Å²) in [7, 11) is 2.00. The first-order valence-corrected chi connectivity index (χ1v) is 17.2. The number of thiophene rings is 3. The third kappa shape index (κ3) is 21.5. The molecular weight excluding hydrogens is 615 g/mol. The number of rotatable bonds is 0. The zero-order valence-corrected chi connectivity index (χ0v) is 30.8. The van der Waals surface area contributed by atoms with E-state index >= 15 is 0 Å². The lowest BCUT2D eigenvalue weighted by Gasteiger charge is -1.79. The second-order valence-electron chi connectivity index (χ2n) is 10.1. The number of furan rings is 3. The van der Waals surface area contributed by atoms with Gasteiger partial charge in [0.2, 0.25) is 0 Å². The Hall–Kier alpha value is -3.78. The lowest BCUT2D eigenvalue weighted by atomic mass is 10.3. The molecule has 0 N–H and O–H groups in total. The molecule has 0 atom stereocenters. The molecular formula is C38H49NO3S3. The van der Waals surface area contributed by atoms with E-state index in [-0.39, 0.29) is 0 Å². The topological polar surface area (TPSA) is 44.4 Å². The fraction of sp³-hybridized carbons (Fsp3) is 0.263. The largest absolute Gasteiger partial charge is 0.472 e. The van der Waals surface area contributed by atoms with E-state index in [4.69, 9.17) is 13.3 Å². The van der Waals surface area contributed by atoms with Gasteiger partial charge in [-0.05, 0) is 151 Å². The summed E-state index contributed by atoms with van der Waals surface area (Å²) in [5.41, 5.74) is 2.58. The molecule has 242 valence electrons. The summed E-state index contributed by atoms with van der Waals surface area (Å²) in [5.74, 6) is 2.94. The van der Waals surface area contributed by atoms with E-state index in [1.165, 1.54) is 30.6 Å². The summed E-state index contributed by atoms with van der Waals surface area (Å²) in [6, 6.07) is 24.2. The molecule has 7 rings (SSSR count). The number of aromatic nitrogens is 1. The second-order valence-corrected chi connectivity index (χ2v) is 13.8. The number of hydrogen-bond donors (Lipinski definition) is 0. The van der Waals surface area contributed by atoms with Gasteiger partial charge < -0.3 is 17.8 Å². The first kappa shape index (κ1) is 39.2. The van der Waals surface area contributed by atoms with Crippen molar-refractivity contribution >= 4 is 34.0 Å². The molecule has 0 bridgehead atoms. The Bertz CT molecular complexity index is 1370. The maximum atomic E-state index is 5.08. The normalized spacial score (nSPS) is 9.11. The predicted octanol–water partition coefficient (Wildman–Crippen LogP) is 12.9. The first-order chi connectivity index (χ1) is 21.5. The van der Waals surface area contributed by atoms with Crippen LogP contribution in [0.5, 0.6) is 0 Å². The minimum atomic E-state index is 0.968. The summed E-state index contributed by atoms with van der Waals surface area (Å²) in [4.78, 5) is 5.62. The van der Waals surface area contributed by atoms with E-state index in [1.54, 1.807) is 41.5 Å². The van der Waals surface area contributed by atoms with Crippen LogP contribution < -0.4 is 0 Å². The highest BCUT2D eigenvalue weighted by molar-refractivity contribution is 7.11. The average molecular weight is 664 g/mol. The van der Waals surface area contributed by atoms with Crippen molar-refractivity contribution in [3.05, 3.63) is 163 Å². The summed E-state index contributed by atoms with van der Waals surface area (Å²) in [6.07, 6.45) is 9.03. The van der Waals surface area contributed by atoms with E-state index < -0.39 is 0 Å². The van der Waals surface area contributed by atoms with Crippen molar-refractivity contribution < 1.29 is 13.3 Å². The monoisotopic (exact) mass is 663 g/mol. The van der Waals surface area contributed by atoms with Crippen molar-refractivity contribution in [1.82, 2.24) is 4.57 Å². The minimum absolute atomic E-state index is 0.968. The molecule has 0 aliphatic rings. The minimum Gasteiger partial charge on any atom is -0.472 e. The van der Waals surface area contributed by atoms with Crippen molar-refractivity contribution in [2.45, 2.75) is 62.3 Å². The van der Waals surface area contributed by atoms with Crippen LogP contribution >= 0.6 is 34.0 Å². The Morgan fingerprint density at radius 1 is 0.556 bits per heavy atom. The van der Waals surface area contributed by atoms with Gasteiger partial charge in [0.25, 0.3) is 0 Å².